The number of aryl methyl sites for hydroxylation is 1. The molecule has 2 fully saturated rings. The highest BCUT2D eigenvalue weighted by Crippen LogP contribution is 2.27. The first-order valence-corrected chi connectivity index (χ1v) is 8.73. The van der Waals surface area contributed by atoms with Crippen LogP contribution in [0.2, 0.25) is 0 Å². The maximum absolute atomic E-state index is 4.18. The molecule has 3 rings (SSSR count). The lowest BCUT2D eigenvalue weighted by Gasteiger charge is -2.31. The summed E-state index contributed by atoms with van der Waals surface area (Å²) >= 11 is 0. The molecule has 2 heterocycles. The molecule has 0 aromatic carbocycles. The van der Waals surface area contributed by atoms with Crippen molar-refractivity contribution >= 4 is 0 Å². The Morgan fingerprint density at radius 1 is 1.19 bits per heavy atom. The molecule has 1 N–H and O–H groups in total. The van der Waals surface area contributed by atoms with Gasteiger partial charge in [-0.05, 0) is 38.1 Å². The van der Waals surface area contributed by atoms with E-state index < -0.39 is 0 Å². The van der Waals surface area contributed by atoms with Crippen molar-refractivity contribution < 1.29 is 0 Å². The van der Waals surface area contributed by atoms with Gasteiger partial charge < -0.3 is 9.88 Å². The normalized spacial score (nSPS) is 24.7. The largest absolute Gasteiger partial charge is 0.337 e. The molecule has 1 aliphatic carbocycles. The first-order valence-electron chi connectivity index (χ1n) is 8.73. The van der Waals surface area contributed by atoms with E-state index in [9.17, 15) is 0 Å². The molecule has 1 saturated carbocycles. The highest BCUT2D eigenvalue weighted by molar-refractivity contribution is 4.97. The van der Waals surface area contributed by atoms with Gasteiger partial charge in [0.15, 0.2) is 0 Å². The molecule has 1 aliphatic heterocycles. The maximum Gasteiger partial charge on any atom is 0.0945 e. The van der Waals surface area contributed by atoms with Crippen LogP contribution in [0.1, 0.15) is 50.6 Å². The maximum atomic E-state index is 4.18. The zero-order chi connectivity index (χ0) is 14.5. The molecule has 2 aliphatic rings. The van der Waals surface area contributed by atoms with Crippen LogP contribution in [0.4, 0.5) is 0 Å². The minimum Gasteiger partial charge on any atom is -0.337 e. The lowest BCUT2D eigenvalue weighted by molar-refractivity contribution is 0.184. The number of nitrogens with zero attached hydrogens (tertiary/aromatic N) is 3. The summed E-state index contributed by atoms with van der Waals surface area (Å²) in [4.78, 5) is 6.93. The van der Waals surface area contributed by atoms with Crippen molar-refractivity contribution in [1.82, 2.24) is 19.8 Å². The van der Waals surface area contributed by atoms with Gasteiger partial charge in [-0.25, -0.2) is 4.98 Å². The summed E-state index contributed by atoms with van der Waals surface area (Å²) in [5.41, 5.74) is 1.27. The van der Waals surface area contributed by atoms with Crippen LogP contribution in [-0.4, -0.2) is 40.1 Å². The van der Waals surface area contributed by atoms with Gasteiger partial charge in [-0.2, -0.15) is 0 Å². The smallest absolute Gasteiger partial charge is 0.0945 e. The second-order valence-electron chi connectivity index (χ2n) is 6.92. The number of nitrogens with one attached hydrogen (secondary N) is 1. The van der Waals surface area contributed by atoms with E-state index in [1.165, 1.54) is 63.7 Å². The third-order valence-electron chi connectivity index (χ3n) is 5.32. The summed E-state index contributed by atoms with van der Waals surface area (Å²) in [7, 11) is 2.06. The summed E-state index contributed by atoms with van der Waals surface area (Å²) in [5.74, 6) is 0.969. The van der Waals surface area contributed by atoms with Crippen molar-refractivity contribution in [3.63, 3.8) is 0 Å². The van der Waals surface area contributed by atoms with Gasteiger partial charge in [-0.3, -0.25) is 4.90 Å². The first-order chi connectivity index (χ1) is 10.3. The Morgan fingerprint density at radius 3 is 2.81 bits per heavy atom. The van der Waals surface area contributed by atoms with E-state index in [0.29, 0.717) is 0 Å². The molecule has 1 unspecified atom stereocenters. The molecular weight excluding hydrogens is 260 g/mol. The average Bonchev–Trinajstić information content (AvgIpc) is 3.10. The molecule has 1 aromatic rings. The standard InChI is InChI=1S/C17H30N4/c1-20-14-19-12-17(20)11-18-10-16-8-5-9-21(16)13-15-6-3-2-4-7-15/h12,14-16,18H,2-11,13H2,1H3. The predicted molar refractivity (Wildman–Crippen MR) is 86.1 cm³/mol. The lowest BCUT2D eigenvalue weighted by Crippen LogP contribution is -2.40. The third kappa shape index (κ3) is 4.07. The van der Waals surface area contributed by atoms with Crippen LogP contribution in [0.25, 0.3) is 0 Å². The number of hydrogen-bond acceptors (Lipinski definition) is 3. The fourth-order valence-electron chi connectivity index (χ4n) is 3.99. The SMILES string of the molecule is Cn1cncc1CNCC1CCCN1CC1CCCCC1. The second-order valence-corrected chi connectivity index (χ2v) is 6.92. The highest BCUT2D eigenvalue weighted by Gasteiger charge is 2.27. The topological polar surface area (TPSA) is 33.1 Å². The van der Waals surface area contributed by atoms with Crippen LogP contribution in [-0.2, 0) is 13.6 Å². The molecule has 1 aromatic heterocycles. The fraction of sp³-hybridized carbons (Fsp3) is 0.824. The summed E-state index contributed by atoms with van der Waals surface area (Å²) in [6, 6.07) is 0.750. The highest BCUT2D eigenvalue weighted by atomic mass is 15.2. The molecular formula is C17H30N4. The minimum absolute atomic E-state index is 0.750. The zero-order valence-electron chi connectivity index (χ0n) is 13.4. The Bertz CT molecular complexity index is 422. The molecule has 1 atom stereocenters. The van der Waals surface area contributed by atoms with Gasteiger partial charge in [0.2, 0.25) is 0 Å². The van der Waals surface area contributed by atoms with Gasteiger partial charge in [0.05, 0.1) is 12.0 Å². The molecule has 21 heavy (non-hydrogen) atoms. The van der Waals surface area contributed by atoms with E-state index in [1.807, 2.05) is 12.5 Å². The van der Waals surface area contributed by atoms with Gasteiger partial charge in [-0.15, -0.1) is 0 Å². The van der Waals surface area contributed by atoms with E-state index in [0.717, 1.165) is 25.0 Å². The van der Waals surface area contributed by atoms with E-state index in [2.05, 4.69) is 26.8 Å². The summed E-state index contributed by atoms with van der Waals surface area (Å²) in [6.45, 7) is 4.72. The van der Waals surface area contributed by atoms with Crippen LogP contribution in [0, 0.1) is 5.92 Å². The number of aromatic nitrogens is 2. The average molecular weight is 290 g/mol. The van der Waals surface area contributed by atoms with Gasteiger partial charge >= 0.3 is 0 Å². The van der Waals surface area contributed by atoms with E-state index >= 15 is 0 Å². The van der Waals surface area contributed by atoms with Crippen LogP contribution in [0.3, 0.4) is 0 Å². The Balaban J connectivity index is 1.42. The minimum atomic E-state index is 0.750. The van der Waals surface area contributed by atoms with Gasteiger partial charge in [0, 0.05) is 38.9 Å². The van der Waals surface area contributed by atoms with Crippen molar-refractivity contribution in [2.45, 2.75) is 57.5 Å². The van der Waals surface area contributed by atoms with Gasteiger partial charge in [-0.1, -0.05) is 19.3 Å². The van der Waals surface area contributed by atoms with E-state index in [4.69, 9.17) is 0 Å². The molecule has 0 amide bonds. The van der Waals surface area contributed by atoms with Crippen LogP contribution in [0.15, 0.2) is 12.5 Å². The number of hydrogen-bond donors (Lipinski definition) is 1. The summed E-state index contributed by atoms with van der Waals surface area (Å²) in [5, 5.41) is 3.64. The number of rotatable bonds is 6. The summed E-state index contributed by atoms with van der Waals surface area (Å²) < 4.78 is 2.10. The Kier molecular flexibility index (Phi) is 5.31. The molecule has 118 valence electrons. The number of imidazole rings is 1. The third-order valence-corrected chi connectivity index (χ3v) is 5.32. The van der Waals surface area contributed by atoms with E-state index in [-0.39, 0.29) is 0 Å². The van der Waals surface area contributed by atoms with Gasteiger partial charge in [0.1, 0.15) is 0 Å². The lowest BCUT2D eigenvalue weighted by atomic mass is 9.89. The second kappa shape index (κ2) is 7.41. The summed E-state index contributed by atoms with van der Waals surface area (Å²) in [6.07, 6.45) is 13.9. The molecule has 0 spiro atoms. The van der Waals surface area contributed by atoms with Crippen molar-refractivity contribution in [2.75, 3.05) is 19.6 Å². The quantitative estimate of drug-likeness (QED) is 0.874. The predicted octanol–water partition coefficient (Wildman–Crippen LogP) is 2.55. The van der Waals surface area contributed by atoms with Gasteiger partial charge in [0.25, 0.3) is 0 Å². The molecule has 0 bridgehead atoms. The number of likely N-dealkylation sites (tertiary alicyclic amines) is 1. The fourth-order valence-corrected chi connectivity index (χ4v) is 3.99. The Morgan fingerprint density at radius 2 is 2.05 bits per heavy atom. The van der Waals surface area contributed by atoms with Crippen LogP contribution >= 0.6 is 0 Å². The van der Waals surface area contributed by atoms with Crippen LogP contribution < -0.4 is 5.32 Å². The first kappa shape index (κ1) is 15.0. The van der Waals surface area contributed by atoms with Crippen molar-refractivity contribution in [3.05, 3.63) is 18.2 Å². The van der Waals surface area contributed by atoms with Crippen molar-refractivity contribution in [2.24, 2.45) is 13.0 Å². The Labute approximate surface area is 128 Å². The van der Waals surface area contributed by atoms with Crippen LogP contribution in [0.5, 0.6) is 0 Å². The van der Waals surface area contributed by atoms with Crippen molar-refractivity contribution in [1.29, 1.82) is 0 Å². The zero-order valence-corrected chi connectivity index (χ0v) is 13.4. The monoisotopic (exact) mass is 290 g/mol. The molecule has 1 saturated heterocycles. The Hall–Kier alpha value is -0.870. The molecule has 0 radical (unpaired) electrons. The molecule has 4 heteroatoms. The molecule has 4 nitrogen and oxygen atoms in total. The van der Waals surface area contributed by atoms with Crippen molar-refractivity contribution in [3.8, 4) is 0 Å². The van der Waals surface area contributed by atoms with E-state index in [1.54, 1.807) is 0 Å².